The van der Waals surface area contributed by atoms with E-state index in [-0.39, 0.29) is 0 Å². The molecule has 2 nitrogen and oxygen atoms in total. The van der Waals surface area contributed by atoms with Crippen LogP contribution in [-0.4, -0.2) is 6.29 Å². The van der Waals surface area contributed by atoms with E-state index in [1.807, 2.05) is 6.07 Å². The van der Waals surface area contributed by atoms with Gasteiger partial charge in [0.1, 0.15) is 6.29 Å². The van der Waals surface area contributed by atoms with Crippen LogP contribution in [0.25, 0.3) is 0 Å². The molecule has 0 radical (unpaired) electrons. The molecule has 0 aliphatic heterocycles. The molecule has 0 heterocycles. The van der Waals surface area contributed by atoms with Crippen molar-refractivity contribution in [2.45, 2.75) is 13.3 Å². The minimum absolute atomic E-state index is 0.352. The Labute approximate surface area is 60.5 Å². The van der Waals surface area contributed by atoms with Gasteiger partial charge in [0, 0.05) is 5.57 Å². The molecule has 0 saturated carbocycles. The van der Waals surface area contributed by atoms with Crippen LogP contribution in [-0.2, 0) is 4.79 Å². The maximum absolute atomic E-state index is 10.1. The second-order valence-electron chi connectivity index (χ2n) is 1.67. The zero-order chi connectivity index (χ0) is 7.82. The predicted molar refractivity (Wildman–Crippen MR) is 39.2 cm³/mol. The molecule has 2 heteroatoms. The number of aldehydes is 1. The van der Waals surface area contributed by atoms with E-state index < -0.39 is 0 Å². The molecule has 0 unspecified atom stereocenters. The molecule has 0 aromatic heterocycles. The van der Waals surface area contributed by atoms with Crippen LogP contribution in [0.1, 0.15) is 13.3 Å². The number of hydrogen-bond acceptors (Lipinski definition) is 2. The minimum Gasteiger partial charge on any atom is -0.298 e. The molecule has 52 valence electrons. The summed E-state index contributed by atoms with van der Waals surface area (Å²) in [7, 11) is 0. The van der Waals surface area contributed by atoms with Gasteiger partial charge in [-0.1, -0.05) is 18.2 Å². The zero-order valence-corrected chi connectivity index (χ0v) is 5.87. The van der Waals surface area contributed by atoms with E-state index in [9.17, 15) is 4.79 Å². The van der Waals surface area contributed by atoms with Crippen LogP contribution >= 0.6 is 0 Å². The fourth-order valence-corrected chi connectivity index (χ4v) is 0.451. The molecule has 0 rings (SSSR count). The molecule has 0 aromatic carbocycles. The van der Waals surface area contributed by atoms with Crippen LogP contribution in [0.2, 0.25) is 0 Å². The van der Waals surface area contributed by atoms with Gasteiger partial charge in [-0.2, -0.15) is 5.26 Å². The molecular formula is C8H9NO. The number of carbonyl (C=O) groups is 1. The van der Waals surface area contributed by atoms with Crippen molar-refractivity contribution >= 4 is 6.29 Å². The largest absolute Gasteiger partial charge is 0.298 e. The van der Waals surface area contributed by atoms with Crippen molar-refractivity contribution in [2.75, 3.05) is 0 Å². The Morgan fingerprint density at radius 3 is 2.80 bits per heavy atom. The maximum Gasteiger partial charge on any atom is 0.149 e. The highest BCUT2D eigenvalue weighted by molar-refractivity contribution is 5.77. The molecule has 0 amide bonds. The second kappa shape index (κ2) is 5.77. The van der Waals surface area contributed by atoms with Gasteiger partial charge in [0.05, 0.1) is 12.5 Å². The lowest BCUT2D eigenvalue weighted by molar-refractivity contribution is -0.104. The van der Waals surface area contributed by atoms with Gasteiger partial charge in [0.2, 0.25) is 0 Å². The smallest absolute Gasteiger partial charge is 0.149 e. The summed E-state index contributed by atoms with van der Waals surface area (Å²) in [5, 5.41) is 8.12. The van der Waals surface area contributed by atoms with E-state index in [1.54, 1.807) is 25.2 Å². The summed E-state index contributed by atoms with van der Waals surface area (Å²) in [6, 6.07) is 1.94. The molecule has 0 aliphatic rings. The Morgan fingerprint density at radius 2 is 2.40 bits per heavy atom. The number of carbonyl (C=O) groups excluding carboxylic acids is 1. The van der Waals surface area contributed by atoms with E-state index in [1.165, 1.54) is 0 Å². The summed E-state index contributed by atoms with van der Waals surface area (Å²) in [5.74, 6) is 0. The van der Waals surface area contributed by atoms with Crippen molar-refractivity contribution in [2.24, 2.45) is 0 Å². The van der Waals surface area contributed by atoms with Gasteiger partial charge in [-0.3, -0.25) is 4.79 Å². The van der Waals surface area contributed by atoms with E-state index >= 15 is 0 Å². The lowest BCUT2D eigenvalue weighted by Gasteiger charge is -1.82. The summed E-state index contributed by atoms with van der Waals surface area (Å²) in [6.45, 7) is 1.78. The van der Waals surface area contributed by atoms with Crippen LogP contribution in [0.15, 0.2) is 23.8 Å². The van der Waals surface area contributed by atoms with Gasteiger partial charge in [0.15, 0.2) is 0 Å². The first-order valence-corrected chi connectivity index (χ1v) is 3.00. The summed E-state index contributed by atoms with van der Waals surface area (Å²) in [6.07, 6.45) is 6.10. The van der Waals surface area contributed by atoms with E-state index in [2.05, 4.69) is 0 Å². The highest BCUT2D eigenvalue weighted by atomic mass is 16.1. The first-order chi connectivity index (χ1) is 4.85. The Kier molecular flexibility index (Phi) is 4.99. The molecule has 0 aromatic rings. The summed E-state index contributed by atoms with van der Waals surface area (Å²) in [5.41, 5.74) is 0.607. The van der Waals surface area contributed by atoms with Crippen molar-refractivity contribution in [3.63, 3.8) is 0 Å². The first-order valence-electron chi connectivity index (χ1n) is 3.00. The fraction of sp³-hybridized carbons (Fsp3) is 0.250. The van der Waals surface area contributed by atoms with Crippen LogP contribution in [0.3, 0.4) is 0 Å². The Hall–Kier alpha value is -1.36. The Morgan fingerprint density at radius 1 is 1.70 bits per heavy atom. The van der Waals surface area contributed by atoms with Crippen molar-refractivity contribution < 1.29 is 4.79 Å². The standard InChI is InChI=1S/C8H9NO/c1-2-8(7-10)5-3-4-6-9/h2-3,5,7H,4H2,1H3/b5-3-,8-2+. The number of allylic oxidation sites excluding steroid dienone is 4. The predicted octanol–water partition coefficient (Wildman–Crippen LogP) is 1.60. The average molecular weight is 135 g/mol. The van der Waals surface area contributed by atoms with E-state index in [0.29, 0.717) is 12.0 Å². The summed E-state index contributed by atoms with van der Waals surface area (Å²) >= 11 is 0. The number of hydrogen-bond donors (Lipinski definition) is 0. The molecule has 0 bridgehead atoms. The van der Waals surface area contributed by atoms with Crippen molar-refractivity contribution in [3.05, 3.63) is 23.8 Å². The zero-order valence-electron chi connectivity index (χ0n) is 5.87. The quantitative estimate of drug-likeness (QED) is 0.335. The van der Waals surface area contributed by atoms with Crippen molar-refractivity contribution in [1.82, 2.24) is 0 Å². The third-order valence-corrected chi connectivity index (χ3v) is 0.989. The lowest BCUT2D eigenvalue weighted by Crippen LogP contribution is -1.75. The van der Waals surface area contributed by atoms with E-state index in [4.69, 9.17) is 5.26 Å². The third-order valence-electron chi connectivity index (χ3n) is 0.989. The molecule has 0 atom stereocenters. The van der Waals surface area contributed by atoms with Crippen molar-refractivity contribution in [3.8, 4) is 6.07 Å². The third kappa shape index (κ3) is 3.62. The number of nitriles is 1. The Balaban J connectivity index is 3.88. The van der Waals surface area contributed by atoms with Crippen LogP contribution in [0.5, 0.6) is 0 Å². The van der Waals surface area contributed by atoms with Crippen LogP contribution in [0, 0.1) is 11.3 Å². The normalized spacial score (nSPS) is 11.4. The molecule has 0 spiro atoms. The highest BCUT2D eigenvalue weighted by Crippen LogP contribution is 1.92. The average Bonchev–Trinajstić information content (AvgIpc) is 1.99. The number of rotatable bonds is 3. The van der Waals surface area contributed by atoms with Gasteiger partial charge < -0.3 is 0 Å². The number of nitrogens with zero attached hydrogens (tertiary/aromatic N) is 1. The molecule has 0 saturated heterocycles. The first kappa shape index (κ1) is 8.64. The minimum atomic E-state index is 0.352. The molecule has 0 aliphatic carbocycles. The van der Waals surface area contributed by atoms with E-state index in [0.717, 1.165) is 6.29 Å². The molecule has 10 heavy (non-hydrogen) atoms. The molecule has 0 fully saturated rings. The lowest BCUT2D eigenvalue weighted by atomic mass is 10.2. The van der Waals surface area contributed by atoms with Gasteiger partial charge >= 0.3 is 0 Å². The topological polar surface area (TPSA) is 40.9 Å². The Bertz CT molecular complexity index is 196. The van der Waals surface area contributed by atoms with Crippen LogP contribution < -0.4 is 0 Å². The second-order valence-corrected chi connectivity index (χ2v) is 1.67. The SMILES string of the molecule is C/C=C(C=O)\C=C/CC#N. The maximum atomic E-state index is 10.1. The van der Waals surface area contributed by atoms with Gasteiger partial charge in [-0.25, -0.2) is 0 Å². The fourth-order valence-electron chi connectivity index (χ4n) is 0.451. The van der Waals surface area contributed by atoms with Gasteiger partial charge in [-0.15, -0.1) is 0 Å². The van der Waals surface area contributed by atoms with Crippen LogP contribution in [0.4, 0.5) is 0 Å². The summed E-state index contributed by atoms with van der Waals surface area (Å²) in [4.78, 5) is 10.1. The highest BCUT2D eigenvalue weighted by Gasteiger charge is 1.82. The molecular weight excluding hydrogens is 126 g/mol. The van der Waals surface area contributed by atoms with Gasteiger partial charge in [0.25, 0.3) is 0 Å². The monoisotopic (exact) mass is 135 g/mol. The van der Waals surface area contributed by atoms with Crippen molar-refractivity contribution in [1.29, 1.82) is 5.26 Å². The molecule has 0 N–H and O–H groups in total. The summed E-state index contributed by atoms with van der Waals surface area (Å²) < 4.78 is 0. The van der Waals surface area contributed by atoms with Gasteiger partial charge in [-0.05, 0) is 6.92 Å².